The van der Waals surface area contributed by atoms with Crippen molar-refractivity contribution in [2.45, 2.75) is 58.6 Å². The van der Waals surface area contributed by atoms with Gasteiger partial charge >= 0.3 is 6.09 Å². The number of fused-ring (bicyclic) bond motifs is 1. The Balaban J connectivity index is 2.05. The number of carbonyl (C=O) groups excluding carboxylic acids is 2. The molecule has 0 aliphatic heterocycles. The minimum atomic E-state index is -0.736. The Labute approximate surface area is 173 Å². The van der Waals surface area contributed by atoms with Crippen molar-refractivity contribution in [1.82, 2.24) is 10.3 Å². The van der Waals surface area contributed by atoms with Crippen LogP contribution in [0.1, 0.15) is 61.6 Å². The number of alkyl carbamates (subject to hydrolysis) is 1. The topological polar surface area (TPSA) is 97.2 Å². The number of hydrogen-bond donors (Lipinski definition) is 3. The van der Waals surface area contributed by atoms with Crippen LogP contribution in [0.3, 0.4) is 0 Å². The van der Waals surface area contributed by atoms with Gasteiger partial charge in [0.15, 0.2) is 0 Å². The first-order valence-electron chi connectivity index (χ1n) is 9.48. The summed E-state index contributed by atoms with van der Waals surface area (Å²) in [7, 11) is 0. The Bertz CT molecular complexity index is 1020. The van der Waals surface area contributed by atoms with Gasteiger partial charge in [-0.05, 0) is 58.6 Å². The van der Waals surface area contributed by atoms with E-state index in [-0.39, 0.29) is 11.6 Å². The lowest BCUT2D eigenvalue weighted by Crippen LogP contribution is -2.39. The van der Waals surface area contributed by atoms with Gasteiger partial charge in [0.2, 0.25) is 0 Å². The molecule has 0 fully saturated rings. The third-order valence-corrected chi connectivity index (χ3v) is 5.27. The van der Waals surface area contributed by atoms with Crippen LogP contribution in [0, 0.1) is 12.7 Å². The third-order valence-electron chi connectivity index (χ3n) is 4.79. The van der Waals surface area contributed by atoms with Crippen molar-refractivity contribution in [1.29, 1.82) is 0 Å². The van der Waals surface area contributed by atoms with Crippen molar-refractivity contribution < 1.29 is 18.7 Å². The predicted molar refractivity (Wildman–Crippen MR) is 112 cm³/mol. The van der Waals surface area contributed by atoms with E-state index in [1.807, 2.05) is 6.08 Å². The highest BCUT2D eigenvalue weighted by molar-refractivity contribution is 6.37. The summed E-state index contributed by atoms with van der Waals surface area (Å²) in [5.41, 5.74) is 6.95. The first-order valence-corrected chi connectivity index (χ1v) is 9.86. The van der Waals surface area contributed by atoms with Gasteiger partial charge in [-0.2, -0.15) is 0 Å². The van der Waals surface area contributed by atoms with Gasteiger partial charge < -0.3 is 20.8 Å². The van der Waals surface area contributed by atoms with E-state index >= 15 is 4.39 Å². The molecule has 2 aromatic rings. The lowest BCUT2D eigenvalue weighted by Gasteiger charge is -2.25. The fourth-order valence-electron chi connectivity index (χ4n) is 3.64. The molecule has 6 nitrogen and oxygen atoms in total. The maximum atomic E-state index is 15.1. The Kier molecular flexibility index (Phi) is 5.63. The molecule has 1 heterocycles. The molecule has 29 heavy (non-hydrogen) atoms. The van der Waals surface area contributed by atoms with Gasteiger partial charge in [-0.1, -0.05) is 17.7 Å². The quantitative estimate of drug-likeness (QED) is 0.662. The van der Waals surface area contributed by atoms with Crippen LogP contribution in [0.5, 0.6) is 0 Å². The van der Waals surface area contributed by atoms with Crippen molar-refractivity contribution in [2.24, 2.45) is 5.73 Å². The van der Waals surface area contributed by atoms with Gasteiger partial charge in [0.1, 0.15) is 11.4 Å². The first-order chi connectivity index (χ1) is 13.5. The molecule has 0 bridgehead atoms. The highest BCUT2D eigenvalue weighted by Crippen LogP contribution is 2.40. The lowest BCUT2D eigenvalue weighted by molar-refractivity contribution is 0.0511. The Hall–Kier alpha value is -2.54. The number of H-pyrrole nitrogens is 1. The molecule has 0 saturated carbocycles. The molecule has 0 spiro atoms. The van der Waals surface area contributed by atoms with Gasteiger partial charge in [0.25, 0.3) is 5.91 Å². The maximum absolute atomic E-state index is 15.1. The van der Waals surface area contributed by atoms with Crippen LogP contribution in [0.25, 0.3) is 16.5 Å². The van der Waals surface area contributed by atoms with E-state index in [0.29, 0.717) is 40.0 Å². The largest absolute Gasteiger partial charge is 0.444 e. The summed E-state index contributed by atoms with van der Waals surface area (Å²) in [5.74, 6) is -1.31. The normalized spacial score (nSPS) is 17.2. The molecule has 4 N–H and O–H groups in total. The zero-order valence-electron chi connectivity index (χ0n) is 16.9. The molecule has 3 rings (SSSR count). The number of rotatable bonds is 3. The predicted octanol–water partition coefficient (Wildman–Crippen LogP) is 4.83. The van der Waals surface area contributed by atoms with Gasteiger partial charge in [-0.25, -0.2) is 9.18 Å². The number of hydrogen-bond acceptors (Lipinski definition) is 3. The van der Waals surface area contributed by atoms with Crippen LogP contribution >= 0.6 is 11.6 Å². The molecule has 1 unspecified atom stereocenters. The minimum absolute atomic E-state index is 0.0519. The standard InChI is InChI=1S/C21H25ClFN3O3/c1-10-17(22)16-15(14(23)9-13(19(24)27)18(16)25-10)11-6-5-7-12(8-11)26-20(28)29-21(2,3)4/h8-9,12,25H,5-7H2,1-4H3,(H2,24,27)(H,26,28). The highest BCUT2D eigenvalue weighted by Gasteiger charge is 2.26. The number of carbonyl (C=O) groups is 2. The fraction of sp³-hybridized carbons (Fsp3) is 0.429. The smallest absolute Gasteiger partial charge is 0.408 e. The number of ether oxygens (including phenoxy) is 1. The molecule has 1 aliphatic rings. The molecule has 156 valence electrons. The van der Waals surface area contributed by atoms with Crippen LogP contribution in [-0.4, -0.2) is 28.6 Å². The molecular formula is C21H25ClFN3O3. The number of halogens is 2. The summed E-state index contributed by atoms with van der Waals surface area (Å²) in [5, 5.41) is 3.60. The Morgan fingerprint density at radius 1 is 1.38 bits per heavy atom. The van der Waals surface area contributed by atoms with Crippen molar-refractivity contribution in [3.05, 3.63) is 39.8 Å². The molecule has 1 aromatic carbocycles. The number of amides is 2. The highest BCUT2D eigenvalue weighted by atomic mass is 35.5. The molecule has 8 heteroatoms. The summed E-state index contributed by atoms with van der Waals surface area (Å²) < 4.78 is 20.4. The molecule has 1 aliphatic carbocycles. The SMILES string of the molecule is Cc1[nH]c2c(C(N)=O)cc(F)c(C3=CC(NC(=O)OC(C)(C)C)CCC3)c2c1Cl. The summed E-state index contributed by atoms with van der Waals surface area (Å²) >= 11 is 6.44. The molecule has 0 saturated heterocycles. The van der Waals surface area contributed by atoms with Crippen LogP contribution in [-0.2, 0) is 4.74 Å². The van der Waals surface area contributed by atoms with E-state index < -0.39 is 23.4 Å². The second-order valence-corrected chi connectivity index (χ2v) is 8.67. The fourth-order valence-corrected chi connectivity index (χ4v) is 3.88. The number of primary amides is 1. The second-order valence-electron chi connectivity index (χ2n) is 8.30. The second kappa shape index (κ2) is 7.71. The average molecular weight is 422 g/mol. The van der Waals surface area contributed by atoms with Crippen LogP contribution in [0.4, 0.5) is 9.18 Å². The van der Waals surface area contributed by atoms with E-state index in [1.54, 1.807) is 27.7 Å². The van der Waals surface area contributed by atoms with Gasteiger partial charge in [-0.15, -0.1) is 0 Å². The summed E-state index contributed by atoms with van der Waals surface area (Å²) in [6, 6.07) is 0.843. The summed E-state index contributed by atoms with van der Waals surface area (Å²) in [6.07, 6.45) is 3.40. The molecular weight excluding hydrogens is 397 g/mol. The number of benzene rings is 1. The third kappa shape index (κ3) is 4.40. The number of aromatic nitrogens is 1. The zero-order valence-corrected chi connectivity index (χ0v) is 17.7. The lowest BCUT2D eigenvalue weighted by atomic mass is 9.88. The number of aromatic amines is 1. The van der Waals surface area contributed by atoms with Crippen molar-refractivity contribution in [3.8, 4) is 0 Å². The number of aryl methyl sites for hydroxylation is 1. The molecule has 2 amide bonds. The summed E-state index contributed by atoms with van der Waals surface area (Å²) in [6.45, 7) is 7.11. The minimum Gasteiger partial charge on any atom is -0.444 e. The molecule has 0 radical (unpaired) electrons. The van der Waals surface area contributed by atoms with Crippen LogP contribution < -0.4 is 11.1 Å². The van der Waals surface area contributed by atoms with Gasteiger partial charge in [0.05, 0.1) is 22.1 Å². The van der Waals surface area contributed by atoms with E-state index in [1.165, 1.54) is 0 Å². The van der Waals surface area contributed by atoms with Crippen molar-refractivity contribution in [2.75, 3.05) is 0 Å². The van der Waals surface area contributed by atoms with Crippen molar-refractivity contribution in [3.63, 3.8) is 0 Å². The number of nitrogens with two attached hydrogens (primary N) is 1. The Morgan fingerprint density at radius 3 is 2.69 bits per heavy atom. The van der Waals surface area contributed by atoms with E-state index in [0.717, 1.165) is 18.1 Å². The number of allylic oxidation sites excluding steroid dienone is 1. The van der Waals surface area contributed by atoms with Gasteiger partial charge in [0, 0.05) is 16.6 Å². The Morgan fingerprint density at radius 2 is 2.07 bits per heavy atom. The zero-order chi connectivity index (χ0) is 21.5. The van der Waals surface area contributed by atoms with Gasteiger partial charge in [-0.3, -0.25) is 4.79 Å². The van der Waals surface area contributed by atoms with Crippen molar-refractivity contribution >= 4 is 40.1 Å². The van der Waals surface area contributed by atoms with E-state index in [9.17, 15) is 9.59 Å². The molecule has 1 atom stereocenters. The summed E-state index contributed by atoms with van der Waals surface area (Å²) in [4.78, 5) is 26.9. The number of nitrogens with one attached hydrogen (secondary N) is 2. The van der Waals surface area contributed by atoms with Crippen LogP contribution in [0.15, 0.2) is 12.1 Å². The monoisotopic (exact) mass is 421 g/mol. The van der Waals surface area contributed by atoms with E-state index in [2.05, 4.69) is 10.3 Å². The molecule has 1 aromatic heterocycles. The average Bonchev–Trinajstić information content (AvgIpc) is 2.88. The van der Waals surface area contributed by atoms with Crippen LogP contribution in [0.2, 0.25) is 5.02 Å². The van der Waals surface area contributed by atoms with E-state index in [4.69, 9.17) is 22.1 Å². The first kappa shape index (κ1) is 21.2. The maximum Gasteiger partial charge on any atom is 0.408 e.